The van der Waals surface area contributed by atoms with Crippen molar-refractivity contribution in [3.8, 4) is 11.3 Å². The zero-order valence-electron chi connectivity index (χ0n) is 19.3. The van der Waals surface area contributed by atoms with Gasteiger partial charge in [0, 0.05) is 43.6 Å². The van der Waals surface area contributed by atoms with Crippen molar-refractivity contribution in [2.24, 2.45) is 0 Å². The van der Waals surface area contributed by atoms with Crippen LogP contribution < -0.4 is 5.32 Å². The highest BCUT2D eigenvalue weighted by Crippen LogP contribution is 2.32. The molecule has 198 valence electrons. The topological polar surface area (TPSA) is 178 Å². The van der Waals surface area contributed by atoms with Crippen LogP contribution in [0.25, 0.3) is 11.3 Å². The first-order chi connectivity index (χ1) is 17.4. The molecule has 0 bridgehead atoms. The molecule has 3 aromatic heterocycles. The Bertz CT molecular complexity index is 1410. The summed E-state index contributed by atoms with van der Waals surface area (Å²) in [6, 6.07) is 5.05. The SMILES string of the molecule is CNCc1cn(S(=O)(=O)c2ccc(COC(C)=O)o2)c(-c2cccnc2F)c1F.O=C(O)C=CC(=O)O. The number of aliphatic carboxylic acids is 2. The van der Waals surface area contributed by atoms with Gasteiger partial charge in [-0.1, -0.05) is 0 Å². The summed E-state index contributed by atoms with van der Waals surface area (Å²) in [5.74, 6) is -4.92. The summed E-state index contributed by atoms with van der Waals surface area (Å²) >= 11 is 0. The van der Waals surface area contributed by atoms with E-state index in [1.165, 1.54) is 31.3 Å². The van der Waals surface area contributed by atoms with Crippen LogP contribution in [0.2, 0.25) is 0 Å². The highest BCUT2D eigenvalue weighted by molar-refractivity contribution is 7.89. The van der Waals surface area contributed by atoms with Crippen molar-refractivity contribution in [1.82, 2.24) is 14.3 Å². The number of ether oxygens (including phenoxy) is 1. The third-order valence-electron chi connectivity index (χ3n) is 4.30. The van der Waals surface area contributed by atoms with Crippen molar-refractivity contribution in [2.75, 3.05) is 7.05 Å². The number of carbonyl (C=O) groups is 3. The maximum atomic E-state index is 15.0. The lowest BCUT2D eigenvalue weighted by Gasteiger charge is -2.09. The van der Waals surface area contributed by atoms with E-state index >= 15 is 0 Å². The molecule has 3 aromatic rings. The van der Waals surface area contributed by atoms with Crippen molar-refractivity contribution >= 4 is 27.9 Å². The quantitative estimate of drug-likeness (QED) is 0.205. The Labute approximate surface area is 208 Å². The number of hydrogen-bond acceptors (Lipinski definition) is 9. The summed E-state index contributed by atoms with van der Waals surface area (Å²) in [7, 11) is -2.87. The predicted molar refractivity (Wildman–Crippen MR) is 122 cm³/mol. The first-order valence-electron chi connectivity index (χ1n) is 10.1. The maximum absolute atomic E-state index is 15.0. The average Bonchev–Trinajstić information content (AvgIpc) is 3.43. The zero-order valence-corrected chi connectivity index (χ0v) is 20.2. The molecular weight excluding hydrogens is 520 g/mol. The van der Waals surface area contributed by atoms with Crippen molar-refractivity contribution in [3.63, 3.8) is 0 Å². The van der Waals surface area contributed by atoms with Gasteiger partial charge in [-0.2, -0.15) is 12.8 Å². The van der Waals surface area contributed by atoms with Crippen LogP contribution in [0.3, 0.4) is 0 Å². The van der Waals surface area contributed by atoms with Gasteiger partial charge in [0.2, 0.25) is 11.0 Å². The zero-order chi connectivity index (χ0) is 27.8. The van der Waals surface area contributed by atoms with Crippen molar-refractivity contribution in [1.29, 1.82) is 0 Å². The Morgan fingerprint density at radius 3 is 2.35 bits per heavy atom. The molecule has 0 saturated carbocycles. The fourth-order valence-electron chi connectivity index (χ4n) is 2.80. The van der Waals surface area contributed by atoms with Crippen LogP contribution in [-0.2, 0) is 42.3 Å². The van der Waals surface area contributed by atoms with E-state index < -0.39 is 50.5 Å². The van der Waals surface area contributed by atoms with Crippen LogP contribution in [0.15, 0.2) is 58.3 Å². The minimum absolute atomic E-state index is 0.0130. The fourth-order valence-corrected chi connectivity index (χ4v) is 4.13. The predicted octanol–water partition coefficient (Wildman–Crippen LogP) is 2.15. The molecule has 0 unspecified atom stereocenters. The van der Waals surface area contributed by atoms with Gasteiger partial charge in [0.25, 0.3) is 0 Å². The van der Waals surface area contributed by atoms with Crippen LogP contribution >= 0.6 is 0 Å². The van der Waals surface area contributed by atoms with Gasteiger partial charge in [-0.15, -0.1) is 0 Å². The highest BCUT2D eigenvalue weighted by atomic mass is 32.2. The van der Waals surface area contributed by atoms with E-state index in [1.807, 2.05) is 0 Å². The standard InChI is InChI=1S/C18H17F2N3O5S.C4H4O4/c1-11(24)27-10-13-5-6-15(28-13)29(25,26)23-9-12(8-21-2)16(19)17(23)14-4-3-7-22-18(14)20;5-3(6)1-2-4(7)8/h3-7,9,21H,8,10H2,1-2H3;1-2H,(H,5,6)(H,7,8). The number of rotatable bonds is 9. The van der Waals surface area contributed by atoms with E-state index in [9.17, 15) is 31.6 Å². The minimum atomic E-state index is -4.42. The lowest BCUT2D eigenvalue weighted by Crippen LogP contribution is -2.13. The molecule has 0 saturated heterocycles. The van der Waals surface area contributed by atoms with E-state index in [0.29, 0.717) is 16.1 Å². The van der Waals surface area contributed by atoms with Crippen LogP contribution in [0.4, 0.5) is 8.78 Å². The monoisotopic (exact) mass is 541 g/mol. The molecule has 15 heteroatoms. The van der Waals surface area contributed by atoms with E-state index in [0.717, 1.165) is 12.3 Å². The van der Waals surface area contributed by atoms with Gasteiger partial charge in [0.15, 0.2) is 5.82 Å². The number of aromatic nitrogens is 2. The third-order valence-corrected chi connectivity index (χ3v) is 5.83. The number of nitrogens with one attached hydrogen (secondary N) is 1. The van der Waals surface area contributed by atoms with Gasteiger partial charge in [-0.25, -0.2) is 22.9 Å². The Morgan fingerprint density at radius 2 is 1.81 bits per heavy atom. The van der Waals surface area contributed by atoms with Gasteiger partial charge in [0.1, 0.15) is 18.1 Å². The second-order valence-corrected chi connectivity index (χ2v) is 8.75. The molecule has 3 heterocycles. The van der Waals surface area contributed by atoms with Crippen molar-refractivity contribution in [2.45, 2.75) is 25.2 Å². The normalized spacial score (nSPS) is 11.1. The lowest BCUT2D eigenvalue weighted by atomic mass is 10.2. The molecule has 0 aliphatic heterocycles. The van der Waals surface area contributed by atoms with E-state index in [4.69, 9.17) is 19.4 Å². The van der Waals surface area contributed by atoms with Crippen LogP contribution in [0, 0.1) is 11.8 Å². The maximum Gasteiger partial charge on any atom is 0.328 e. The first-order valence-corrected chi connectivity index (χ1v) is 11.6. The Balaban J connectivity index is 0.000000521. The number of carboxylic acid groups (broad SMARTS) is 2. The van der Waals surface area contributed by atoms with Gasteiger partial charge in [-0.3, -0.25) is 4.79 Å². The number of carboxylic acids is 2. The molecule has 0 fully saturated rings. The molecule has 0 amide bonds. The van der Waals surface area contributed by atoms with E-state index in [2.05, 4.69) is 10.3 Å². The van der Waals surface area contributed by atoms with Gasteiger partial charge in [0.05, 0.1) is 5.56 Å². The molecule has 3 rings (SSSR count). The fraction of sp³-hybridized carbons (Fsp3) is 0.182. The van der Waals surface area contributed by atoms with Gasteiger partial charge in [-0.05, 0) is 31.3 Å². The summed E-state index contributed by atoms with van der Waals surface area (Å²) in [6.07, 6.45) is 3.34. The summed E-state index contributed by atoms with van der Waals surface area (Å²) in [5.41, 5.74) is -0.803. The van der Waals surface area contributed by atoms with Gasteiger partial charge >= 0.3 is 27.9 Å². The average molecular weight is 541 g/mol. The van der Waals surface area contributed by atoms with Crippen molar-refractivity contribution in [3.05, 3.63) is 71.9 Å². The molecule has 0 radical (unpaired) electrons. The molecular formula is C22H21F2N3O9S. The molecule has 12 nitrogen and oxygen atoms in total. The van der Waals surface area contributed by atoms with E-state index in [1.54, 1.807) is 7.05 Å². The first kappa shape index (κ1) is 28.9. The molecule has 0 atom stereocenters. The van der Waals surface area contributed by atoms with E-state index in [-0.39, 0.29) is 30.0 Å². The highest BCUT2D eigenvalue weighted by Gasteiger charge is 2.30. The smallest absolute Gasteiger partial charge is 0.328 e. The minimum Gasteiger partial charge on any atom is -0.478 e. The Morgan fingerprint density at radius 1 is 1.16 bits per heavy atom. The Hall–Kier alpha value is -4.37. The molecule has 3 N–H and O–H groups in total. The second kappa shape index (κ2) is 12.5. The molecule has 0 spiro atoms. The largest absolute Gasteiger partial charge is 0.478 e. The number of halogens is 2. The summed E-state index contributed by atoms with van der Waals surface area (Å²) in [4.78, 5) is 33.5. The molecule has 37 heavy (non-hydrogen) atoms. The number of furan rings is 1. The summed E-state index contributed by atoms with van der Waals surface area (Å²) < 4.78 is 66.0. The summed E-state index contributed by atoms with van der Waals surface area (Å²) in [6.45, 7) is 0.945. The molecule has 0 aromatic carbocycles. The van der Waals surface area contributed by atoms with Crippen LogP contribution in [0.1, 0.15) is 18.2 Å². The molecule has 0 aliphatic carbocycles. The lowest BCUT2D eigenvalue weighted by molar-refractivity contribution is -0.142. The number of hydrogen-bond donors (Lipinski definition) is 3. The van der Waals surface area contributed by atoms with Crippen molar-refractivity contribution < 1.29 is 50.9 Å². The van der Waals surface area contributed by atoms with Gasteiger partial charge < -0.3 is 24.7 Å². The van der Waals surface area contributed by atoms with Crippen LogP contribution in [0.5, 0.6) is 0 Å². The third kappa shape index (κ3) is 7.55. The molecule has 0 aliphatic rings. The number of pyridine rings is 1. The van der Waals surface area contributed by atoms with Crippen LogP contribution in [-0.4, -0.2) is 52.5 Å². The number of nitrogens with zero attached hydrogens (tertiary/aromatic N) is 2. The number of carbonyl (C=O) groups excluding carboxylic acids is 1. The second-order valence-electron chi connectivity index (χ2n) is 7.00. The Kier molecular flexibility index (Phi) is 9.79. The number of esters is 1. The summed E-state index contributed by atoms with van der Waals surface area (Å²) in [5, 5.41) is 17.8.